The van der Waals surface area contributed by atoms with E-state index in [4.69, 9.17) is 17.0 Å². The van der Waals surface area contributed by atoms with Gasteiger partial charge in [-0.1, -0.05) is 12.1 Å². The van der Waals surface area contributed by atoms with Gasteiger partial charge in [-0.3, -0.25) is 34.3 Å². The molecule has 4 fully saturated rings. The number of alkyl halides is 3. The van der Waals surface area contributed by atoms with Gasteiger partial charge in [0.15, 0.2) is 5.11 Å². The van der Waals surface area contributed by atoms with Crippen LogP contribution >= 0.6 is 24.6 Å². The number of imide groups is 1. The summed E-state index contributed by atoms with van der Waals surface area (Å²) in [5, 5.41) is 14.8. The highest BCUT2D eigenvalue weighted by molar-refractivity contribution is 7.80. The molecule has 3 heterocycles. The number of nitrogens with one attached hydrogen (secondary N) is 2. The van der Waals surface area contributed by atoms with E-state index in [2.05, 4.69) is 29.4 Å². The predicted octanol–water partition coefficient (Wildman–Crippen LogP) is 7.47. The Morgan fingerprint density at radius 2 is 1.67 bits per heavy atom. The van der Waals surface area contributed by atoms with Crippen LogP contribution in [0.5, 0.6) is 0 Å². The number of hydrogen-bond acceptors (Lipinski definition) is 8. The molecule has 3 saturated heterocycles. The summed E-state index contributed by atoms with van der Waals surface area (Å²) in [4.78, 5) is 55.6. The van der Waals surface area contributed by atoms with E-state index in [9.17, 15) is 37.6 Å². The molecule has 0 radical (unpaired) electrons. The minimum Gasteiger partial charge on any atom is -0.378 e. The van der Waals surface area contributed by atoms with Gasteiger partial charge in [0, 0.05) is 36.8 Å². The highest BCUT2D eigenvalue weighted by atomic mass is 35.5. The third-order valence-corrected chi connectivity index (χ3v) is 12.6. The number of benzene rings is 2. The highest BCUT2D eigenvalue weighted by Gasteiger charge is 2.52. The molecule has 0 spiro atoms. The monoisotopic (exact) mass is 844 g/mol. The SMILES string of the molecule is C[C@@H]1CC(OCCC[C@H]2CC[C@H](N3C(=S)N(c4ccc(C#N)c(C(F)(F)F)c4)C(=O)C3(C)C)CC2)C[C@H](C)N1CC(=O)Nc1ccc(C2CCC(=O)NC2=O)cc1.Cl. The quantitative estimate of drug-likeness (QED) is 0.134. The van der Waals surface area contributed by atoms with Crippen LogP contribution in [-0.2, 0) is 30.1 Å². The largest absolute Gasteiger partial charge is 0.417 e. The molecule has 2 aromatic rings. The Kier molecular flexibility index (Phi) is 14.3. The zero-order valence-electron chi connectivity index (χ0n) is 33.3. The number of hydrogen-bond donors (Lipinski definition) is 2. The van der Waals surface area contributed by atoms with Crippen LogP contribution in [0.2, 0.25) is 0 Å². The molecule has 314 valence electrons. The number of nitriles is 1. The number of ether oxygens (including phenoxy) is 1. The number of halogens is 4. The average molecular weight is 845 g/mol. The zero-order chi connectivity index (χ0) is 41.2. The smallest absolute Gasteiger partial charge is 0.378 e. The van der Waals surface area contributed by atoms with Crippen LogP contribution in [0.3, 0.4) is 0 Å². The van der Waals surface area contributed by atoms with E-state index in [1.54, 1.807) is 32.0 Å². The second kappa shape index (κ2) is 18.4. The molecule has 0 bridgehead atoms. The van der Waals surface area contributed by atoms with E-state index >= 15 is 0 Å². The lowest BCUT2D eigenvalue weighted by atomic mass is 9.82. The van der Waals surface area contributed by atoms with E-state index in [1.807, 2.05) is 17.0 Å². The summed E-state index contributed by atoms with van der Waals surface area (Å²) in [6.45, 7) is 8.67. The first-order chi connectivity index (χ1) is 27.0. The second-order valence-electron chi connectivity index (χ2n) is 16.5. The van der Waals surface area contributed by atoms with Crippen molar-refractivity contribution < 1.29 is 37.1 Å². The van der Waals surface area contributed by atoms with Crippen molar-refractivity contribution in [1.29, 1.82) is 5.26 Å². The number of piperidine rings is 2. The molecule has 1 saturated carbocycles. The number of likely N-dealkylation sites (tertiary alicyclic amines) is 1. The number of rotatable bonds is 11. The Balaban J connectivity index is 0.00000641. The summed E-state index contributed by atoms with van der Waals surface area (Å²) in [5.41, 5.74) is -1.16. The fourth-order valence-electron chi connectivity index (χ4n) is 9.15. The van der Waals surface area contributed by atoms with Crippen molar-refractivity contribution in [3.63, 3.8) is 0 Å². The standard InChI is InChI=1S/C42H51F3N6O5S.ClH/c1-25-20-33(21-26(2)49(25)24-37(53)47-30-12-9-28(10-13-30)34-17-18-36(52)48-38(34)54)56-19-5-6-27-7-14-31(15-8-27)51-40(57)50(39(55)41(51,3)4)32-16-11-29(23-46)35(22-32)42(43,44)45;/h9-13,16,22,25-27,31,33-34H,5-8,14-15,17-21,24H2,1-4H3,(H,47,53)(H,48,52,54);1H/t25-,26+,27-,31-,33?,34?;. The minimum atomic E-state index is -4.75. The molecule has 0 aromatic heterocycles. The molecule has 4 atom stereocenters. The van der Waals surface area contributed by atoms with Gasteiger partial charge >= 0.3 is 6.18 Å². The third-order valence-electron chi connectivity index (χ3n) is 12.2. The Bertz CT molecular complexity index is 1900. The first-order valence-electron chi connectivity index (χ1n) is 19.9. The molecule has 2 unspecified atom stereocenters. The summed E-state index contributed by atoms with van der Waals surface area (Å²) >= 11 is 5.75. The van der Waals surface area contributed by atoms with Gasteiger partial charge in [-0.15, -0.1) is 12.4 Å². The van der Waals surface area contributed by atoms with Crippen LogP contribution in [0, 0.1) is 17.2 Å². The Morgan fingerprint density at radius 3 is 2.28 bits per heavy atom. The van der Waals surface area contributed by atoms with Crippen LogP contribution < -0.4 is 15.5 Å². The third kappa shape index (κ3) is 9.84. The Hall–Kier alpha value is -4.10. The molecule has 1 aliphatic carbocycles. The number of nitrogens with zero attached hydrogens (tertiary/aromatic N) is 4. The fraction of sp³-hybridized carbons (Fsp3) is 0.571. The molecule has 2 aromatic carbocycles. The number of carbonyl (C=O) groups is 4. The molecular weight excluding hydrogens is 793 g/mol. The van der Waals surface area contributed by atoms with Gasteiger partial charge < -0.3 is 15.0 Å². The Labute approximate surface area is 349 Å². The first-order valence-corrected chi connectivity index (χ1v) is 20.3. The molecular formula is C42H52ClF3N6O5S. The van der Waals surface area contributed by atoms with Gasteiger partial charge in [0.2, 0.25) is 17.7 Å². The number of thiocarbonyl (C=S) groups is 1. The average Bonchev–Trinajstić information content (AvgIpc) is 3.33. The van der Waals surface area contributed by atoms with Gasteiger partial charge in [-0.2, -0.15) is 18.4 Å². The maximum absolute atomic E-state index is 13.7. The summed E-state index contributed by atoms with van der Waals surface area (Å²) in [6.07, 6.45) is 3.23. The summed E-state index contributed by atoms with van der Waals surface area (Å²) in [7, 11) is 0. The highest BCUT2D eigenvalue weighted by Crippen LogP contribution is 2.42. The second-order valence-corrected chi connectivity index (χ2v) is 16.9. The molecule has 4 aliphatic rings. The van der Waals surface area contributed by atoms with Crippen LogP contribution in [0.4, 0.5) is 24.5 Å². The van der Waals surface area contributed by atoms with Crippen molar-refractivity contribution in [2.24, 2.45) is 5.92 Å². The number of anilines is 2. The lowest BCUT2D eigenvalue weighted by molar-refractivity contribution is -0.138. The normalized spacial score (nSPS) is 26.5. The van der Waals surface area contributed by atoms with E-state index in [0.717, 1.165) is 69.1 Å². The van der Waals surface area contributed by atoms with E-state index in [1.165, 1.54) is 11.0 Å². The lowest BCUT2D eigenvalue weighted by Crippen LogP contribution is -2.51. The van der Waals surface area contributed by atoms with Gasteiger partial charge in [0.25, 0.3) is 5.91 Å². The number of carbonyl (C=O) groups excluding carboxylic acids is 4. The van der Waals surface area contributed by atoms with Crippen molar-refractivity contribution in [1.82, 2.24) is 15.1 Å². The van der Waals surface area contributed by atoms with Crippen LogP contribution in [0.15, 0.2) is 42.5 Å². The number of amides is 4. The van der Waals surface area contributed by atoms with Gasteiger partial charge in [0.05, 0.1) is 41.5 Å². The molecule has 4 amide bonds. The molecule has 11 nitrogen and oxygen atoms in total. The maximum Gasteiger partial charge on any atom is 0.417 e. The fourth-order valence-corrected chi connectivity index (χ4v) is 9.72. The topological polar surface area (TPSA) is 135 Å². The molecule has 16 heteroatoms. The molecule has 3 aliphatic heterocycles. The first kappa shape index (κ1) is 45.0. The van der Waals surface area contributed by atoms with E-state index < -0.39 is 28.7 Å². The van der Waals surface area contributed by atoms with Gasteiger partial charge in [-0.05, 0) is 140 Å². The molecule has 58 heavy (non-hydrogen) atoms. The summed E-state index contributed by atoms with van der Waals surface area (Å²) in [5.74, 6) is -0.918. The summed E-state index contributed by atoms with van der Waals surface area (Å²) in [6, 6.07) is 12.4. The molecule has 2 N–H and O–H groups in total. The van der Waals surface area contributed by atoms with Crippen LogP contribution in [0.1, 0.15) is 115 Å². The van der Waals surface area contributed by atoms with E-state index in [-0.39, 0.29) is 77.6 Å². The van der Waals surface area contributed by atoms with Crippen molar-refractivity contribution in [3.8, 4) is 6.07 Å². The maximum atomic E-state index is 13.7. The minimum absolute atomic E-state index is 0. The van der Waals surface area contributed by atoms with Crippen molar-refractivity contribution >= 4 is 64.7 Å². The van der Waals surface area contributed by atoms with E-state index in [0.29, 0.717) is 31.1 Å². The predicted molar refractivity (Wildman–Crippen MR) is 219 cm³/mol. The van der Waals surface area contributed by atoms with Crippen LogP contribution in [0.25, 0.3) is 0 Å². The van der Waals surface area contributed by atoms with Crippen molar-refractivity contribution in [3.05, 3.63) is 59.2 Å². The molecule has 6 rings (SSSR count). The van der Waals surface area contributed by atoms with Gasteiger partial charge in [0.1, 0.15) is 5.54 Å². The van der Waals surface area contributed by atoms with Crippen molar-refractivity contribution in [2.45, 2.75) is 134 Å². The van der Waals surface area contributed by atoms with Crippen LogP contribution in [-0.4, -0.2) is 81.5 Å². The Morgan fingerprint density at radius 1 is 1.02 bits per heavy atom. The lowest BCUT2D eigenvalue weighted by Gasteiger charge is -2.42. The van der Waals surface area contributed by atoms with Crippen molar-refractivity contribution in [2.75, 3.05) is 23.4 Å². The zero-order valence-corrected chi connectivity index (χ0v) is 34.9. The van der Waals surface area contributed by atoms with Gasteiger partial charge in [-0.25, -0.2) is 0 Å². The summed E-state index contributed by atoms with van der Waals surface area (Å²) < 4.78 is 47.5.